The molecular weight excluding hydrogens is 550 g/mol. The Hall–Kier alpha value is -4.56. The van der Waals surface area contributed by atoms with Gasteiger partial charge in [0.15, 0.2) is 23.3 Å². The number of aromatic nitrogens is 3. The summed E-state index contributed by atoms with van der Waals surface area (Å²) in [4.78, 5) is 17.2. The lowest BCUT2D eigenvalue weighted by molar-refractivity contribution is 0.810. The van der Waals surface area contributed by atoms with Crippen molar-refractivity contribution in [2.75, 3.05) is 10.2 Å². The van der Waals surface area contributed by atoms with Crippen molar-refractivity contribution in [1.82, 2.24) is 14.8 Å². The van der Waals surface area contributed by atoms with Crippen LogP contribution in [-0.2, 0) is 0 Å². The number of benzene rings is 3. The van der Waals surface area contributed by atoms with Gasteiger partial charge in [-0.1, -0.05) is 58.4 Å². The molecule has 0 unspecified atom stereocenters. The summed E-state index contributed by atoms with van der Waals surface area (Å²) < 4.78 is 2.85. The van der Waals surface area contributed by atoms with Crippen molar-refractivity contribution in [3.05, 3.63) is 124 Å². The summed E-state index contributed by atoms with van der Waals surface area (Å²) >= 11 is 3.70. The predicted octanol–water partition coefficient (Wildman–Crippen LogP) is 7.44. The molecule has 0 radical (unpaired) electrons. The van der Waals surface area contributed by atoms with Crippen molar-refractivity contribution in [3.63, 3.8) is 0 Å². The van der Waals surface area contributed by atoms with Crippen molar-refractivity contribution in [2.45, 2.75) is 19.9 Å². The van der Waals surface area contributed by atoms with Crippen LogP contribution in [0.1, 0.15) is 28.4 Å². The van der Waals surface area contributed by atoms with E-state index in [2.05, 4.69) is 74.5 Å². The normalized spacial score (nSPS) is 15.6. The van der Waals surface area contributed by atoms with E-state index in [-0.39, 0.29) is 6.04 Å². The van der Waals surface area contributed by atoms with E-state index < -0.39 is 0 Å². The Kier molecular flexibility index (Phi) is 5.63. The highest BCUT2D eigenvalue weighted by atomic mass is 79.9. The first-order valence-corrected chi connectivity index (χ1v) is 13.5. The number of hydrogen-bond donors (Lipinski definition) is 1. The molecule has 190 valence electrons. The maximum absolute atomic E-state index is 5.26. The van der Waals surface area contributed by atoms with Gasteiger partial charge in [-0.25, -0.2) is 15.0 Å². The van der Waals surface area contributed by atoms with E-state index >= 15 is 0 Å². The van der Waals surface area contributed by atoms with Crippen molar-refractivity contribution in [1.29, 1.82) is 0 Å². The number of para-hydroxylation sites is 2. The maximum atomic E-state index is 5.26. The van der Waals surface area contributed by atoms with Crippen LogP contribution in [0.4, 0.5) is 22.9 Å². The van der Waals surface area contributed by atoms with Gasteiger partial charge in [0.2, 0.25) is 0 Å². The molecule has 0 saturated heterocycles. The van der Waals surface area contributed by atoms with E-state index in [0.717, 1.165) is 55.6 Å². The van der Waals surface area contributed by atoms with Gasteiger partial charge < -0.3 is 10.2 Å². The van der Waals surface area contributed by atoms with Gasteiger partial charge in [0.05, 0.1) is 23.1 Å². The fraction of sp³-hybridized carbons (Fsp3) is 0.0968. The molecule has 0 aliphatic carbocycles. The lowest BCUT2D eigenvalue weighted by Crippen LogP contribution is -2.46. The topological polar surface area (TPSA) is 70.7 Å². The number of fused-ring (bicyclic) bond motifs is 4. The molecule has 39 heavy (non-hydrogen) atoms. The predicted molar refractivity (Wildman–Crippen MR) is 160 cm³/mol. The first-order valence-electron chi connectivity index (χ1n) is 12.7. The third-order valence-electron chi connectivity index (χ3n) is 6.95. The average Bonchev–Trinajstić information content (AvgIpc) is 3.28. The molecule has 0 saturated carbocycles. The lowest BCUT2D eigenvalue weighted by atomic mass is 9.93. The number of nitrogens with zero attached hydrogens (tertiary/aromatic N) is 6. The van der Waals surface area contributed by atoms with E-state index in [0.29, 0.717) is 11.7 Å². The van der Waals surface area contributed by atoms with E-state index in [1.165, 1.54) is 0 Å². The standard InChI is InChI=1S/C31H24BrN7/c1-19-9-7-12-23(17-19)34-29-31-36-30-27(20(2)37-39(30)26-15-5-6-16-33-26)28(21-10-8-11-22(32)18-21)38(31)25-14-4-3-13-24(25)35-29/h3-18,28H,1-2H3,(H,34,35)/t28-/m0/s1. The molecule has 2 aliphatic rings. The highest BCUT2D eigenvalue weighted by Crippen LogP contribution is 2.48. The molecule has 8 heteroatoms. The van der Waals surface area contributed by atoms with Gasteiger partial charge >= 0.3 is 0 Å². The number of pyridine rings is 1. The van der Waals surface area contributed by atoms with E-state index in [1.807, 2.05) is 66.2 Å². The Bertz CT molecular complexity index is 1790. The van der Waals surface area contributed by atoms with Gasteiger partial charge in [-0.05, 0) is 73.5 Å². The van der Waals surface area contributed by atoms with Crippen molar-refractivity contribution < 1.29 is 0 Å². The number of amidine groups is 2. The fourth-order valence-corrected chi connectivity index (χ4v) is 5.71. The SMILES string of the molecule is Cc1cccc(NC2=Nc3ccccc3N3C2=Nc2c(c(C)nn2-c2ccccn2)[C@@H]3c2cccc(Br)c2)c1. The second-order valence-corrected chi connectivity index (χ2v) is 10.5. The highest BCUT2D eigenvalue weighted by Gasteiger charge is 2.41. The van der Waals surface area contributed by atoms with Crippen molar-refractivity contribution in [3.8, 4) is 5.82 Å². The summed E-state index contributed by atoms with van der Waals surface area (Å²) in [6, 6.07) is 30.5. The third-order valence-corrected chi connectivity index (χ3v) is 7.44. The van der Waals surface area contributed by atoms with E-state index in [9.17, 15) is 0 Å². The summed E-state index contributed by atoms with van der Waals surface area (Å²) in [6.45, 7) is 4.12. The lowest BCUT2D eigenvalue weighted by Gasteiger charge is -2.40. The fourth-order valence-electron chi connectivity index (χ4n) is 5.29. The highest BCUT2D eigenvalue weighted by molar-refractivity contribution is 9.10. The average molecular weight is 574 g/mol. The van der Waals surface area contributed by atoms with Crippen molar-refractivity contribution in [2.24, 2.45) is 9.98 Å². The van der Waals surface area contributed by atoms with Crippen LogP contribution in [0, 0.1) is 13.8 Å². The molecule has 0 fully saturated rings. The zero-order chi connectivity index (χ0) is 26.5. The van der Waals surface area contributed by atoms with Gasteiger partial charge in [0.25, 0.3) is 0 Å². The Balaban J connectivity index is 1.51. The molecule has 7 nitrogen and oxygen atoms in total. The van der Waals surface area contributed by atoms with Crippen LogP contribution in [0.2, 0.25) is 0 Å². The van der Waals surface area contributed by atoms with Crippen LogP contribution in [0.3, 0.4) is 0 Å². The number of aliphatic imine (C=N–C) groups is 2. The van der Waals surface area contributed by atoms with Crippen LogP contribution in [-0.4, -0.2) is 26.4 Å². The van der Waals surface area contributed by atoms with Gasteiger partial charge in [-0.15, -0.1) is 0 Å². The second kappa shape index (κ2) is 9.32. The Morgan fingerprint density at radius 1 is 0.846 bits per heavy atom. The monoisotopic (exact) mass is 573 g/mol. The molecule has 3 aromatic carbocycles. The molecule has 0 spiro atoms. The zero-order valence-corrected chi connectivity index (χ0v) is 23.0. The minimum atomic E-state index is -0.187. The van der Waals surface area contributed by atoms with Crippen LogP contribution in [0.25, 0.3) is 5.82 Å². The molecule has 2 aliphatic heterocycles. The Morgan fingerprint density at radius 2 is 1.69 bits per heavy atom. The quantitative estimate of drug-likeness (QED) is 0.243. The number of aryl methyl sites for hydroxylation is 2. The largest absolute Gasteiger partial charge is 0.337 e. The molecule has 4 heterocycles. The number of rotatable bonds is 3. The molecule has 1 N–H and O–H groups in total. The third kappa shape index (κ3) is 4.04. The first kappa shape index (κ1) is 23.5. The van der Waals surface area contributed by atoms with Crippen LogP contribution < -0.4 is 10.2 Å². The Labute approximate surface area is 234 Å². The molecule has 0 bridgehead atoms. The van der Waals surface area contributed by atoms with Gasteiger partial charge in [0, 0.05) is 21.9 Å². The van der Waals surface area contributed by atoms with E-state index in [1.54, 1.807) is 6.20 Å². The molecule has 1 atom stereocenters. The minimum absolute atomic E-state index is 0.187. The smallest absolute Gasteiger partial charge is 0.179 e. The van der Waals surface area contributed by atoms with Crippen molar-refractivity contribution >= 4 is 50.5 Å². The summed E-state index contributed by atoms with van der Waals surface area (Å²) in [7, 11) is 0. The van der Waals surface area contributed by atoms with Crippen LogP contribution in [0.5, 0.6) is 0 Å². The molecular formula is C31H24BrN7. The summed E-state index contributed by atoms with van der Waals surface area (Å²) in [5, 5.41) is 8.51. The molecule has 0 amide bonds. The number of anilines is 2. The van der Waals surface area contributed by atoms with Crippen LogP contribution >= 0.6 is 15.9 Å². The van der Waals surface area contributed by atoms with Crippen LogP contribution in [0.15, 0.2) is 112 Å². The number of nitrogens with one attached hydrogen (secondary N) is 1. The first-order chi connectivity index (χ1) is 19.1. The van der Waals surface area contributed by atoms with Gasteiger partial charge in [-0.2, -0.15) is 9.78 Å². The summed E-state index contributed by atoms with van der Waals surface area (Å²) in [6.07, 6.45) is 1.77. The maximum Gasteiger partial charge on any atom is 0.179 e. The summed E-state index contributed by atoms with van der Waals surface area (Å²) in [5.74, 6) is 2.87. The zero-order valence-electron chi connectivity index (χ0n) is 21.4. The number of hydrogen-bond acceptors (Lipinski definition) is 6. The second-order valence-electron chi connectivity index (χ2n) is 9.63. The van der Waals surface area contributed by atoms with E-state index in [4.69, 9.17) is 15.1 Å². The number of halogens is 1. The Morgan fingerprint density at radius 3 is 2.51 bits per heavy atom. The molecule has 2 aromatic heterocycles. The van der Waals surface area contributed by atoms with Gasteiger partial charge in [-0.3, -0.25) is 0 Å². The summed E-state index contributed by atoms with van der Waals surface area (Å²) in [5.41, 5.74) is 7.04. The minimum Gasteiger partial charge on any atom is -0.337 e. The molecule has 7 rings (SSSR count). The van der Waals surface area contributed by atoms with Gasteiger partial charge in [0.1, 0.15) is 0 Å². The molecule has 5 aromatic rings.